The van der Waals surface area contributed by atoms with Gasteiger partial charge in [0.05, 0.1) is 5.69 Å². The number of amides is 1. The van der Waals surface area contributed by atoms with Gasteiger partial charge in [-0.05, 0) is 98.7 Å². The number of fused-ring (bicyclic) bond motifs is 1. The van der Waals surface area contributed by atoms with E-state index in [1.807, 2.05) is 12.1 Å². The van der Waals surface area contributed by atoms with Gasteiger partial charge in [0.1, 0.15) is 0 Å². The number of hydrogen-bond donors (Lipinski definition) is 1. The number of carbonyl (C=O) groups is 1. The lowest BCUT2D eigenvalue weighted by Gasteiger charge is -2.21. The number of nitrogens with zero attached hydrogens (tertiary/aromatic N) is 1. The highest BCUT2D eigenvalue weighted by molar-refractivity contribution is 5.94. The molecule has 0 radical (unpaired) electrons. The van der Waals surface area contributed by atoms with E-state index in [0.29, 0.717) is 6.54 Å². The molecule has 3 heteroatoms. The fourth-order valence-electron chi connectivity index (χ4n) is 5.36. The first-order valence-corrected chi connectivity index (χ1v) is 12.5. The maximum atomic E-state index is 12.7. The average Bonchev–Trinajstić information content (AvgIpc) is 3.24. The molecule has 3 aromatic rings. The summed E-state index contributed by atoms with van der Waals surface area (Å²) in [7, 11) is 0. The number of benzene rings is 2. The number of aromatic nitrogens is 1. The molecule has 0 saturated carbocycles. The number of carbonyl (C=O) groups excluding carboxylic acids is 1. The third-order valence-electron chi connectivity index (χ3n) is 7.21. The van der Waals surface area contributed by atoms with Gasteiger partial charge in [-0.15, -0.1) is 0 Å². The highest BCUT2D eigenvalue weighted by Gasteiger charge is 2.23. The largest absolute Gasteiger partial charge is 0.352 e. The van der Waals surface area contributed by atoms with Crippen molar-refractivity contribution in [1.29, 1.82) is 0 Å². The van der Waals surface area contributed by atoms with Crippen LogP contribution in [0.1, 0.15) is 67.1 Å². The molecule has 2 aromatic carbocycles. The van der Waals surface area contributed by atoms with Gasteiger partial charge in [-0.2, -0.15) is 0 Å². The summed E-state index contributed by atoms with van der Waals surface area (Å²) in [6, 6.07) is 21.2. The lowest BCUT2D eigenvalue weighted by Crippen LogP contribution is -2.24. The third-order valence-corrected chi connectivity index (χ3v) is 7.21. The van der Waals surface area contributed by atoms with Gasteiger partial charge in [0.25, 0.3) is 5.91 Å². The molecule has 1 unspecified atom stereocenters. The lowest BCUT2D eigenvalue weighted by molar-refractivity contribution is 0.0954. The number of hydrogen-bond acceptors (Lipinski definition) is 1. The van der Waals surface area contributed by atoms with Crippen LogP contribution < -0.4 is 5.32 Å². The SMILES string of the molecule is CC1CCc2c(cc(-c3ccccc3)n2-c2ccc(C(=O)NCCC3=CCCCC3)cc2)C1. The minimum absolute atomic E-state index is 0.0182. The Labute approximate surface area is 197 Å². The zero-order chi connectivity index (χ0) is 22.6. The Morgan fingerprint density at radius 2 is 1.85 bits per heavy atom. The number of allylic oxidation sites excluding steroid dienone is 1. The van der Waals surface area contributed by atoms with Crippen molar-refractivity contribution in [3.63, 3.8) is 0 Å². The molecule has 1 amide bonds. The van der Waals surface area contributed by atoms with Crippen LogP contribution in [0.4, 0.5) is 0 Å². The molecular formula is C30H34N2O. The number of rotatable bonds is 6. The van der Waals surface area contributed by atoms with Crippen LogP contribution >= 0.6 is 0 Å². The van der Waals surface area contributed by atoms with Crippen LogP contribution in [0.5, 0.6) is 0 Å². The van der Waals surface area contributed by atoms with Gasteiger partial charge in [-0.3, -0.25) is 4.79 Å². The molecule has 170 valence electrons. The van der Waals surface area contributed by atoms with E-state index in [4.69, 9.17) is 0 Å². The molecule has 0 fully saturated rings. The van der Waals surface area contributed by atoms with E-state index >= 15 is 0 Å². The molecule has 1 N–H and O–H groups in total. The Hall–Kier alpha value is -3.07. The summed E-state index contributed by atoms with van der Waals surface area (Å²) in [5.74, 6) is 0.747. The summed E-state index contributed by atoms with van der Waals surface area (Å²) >= 11 is 0. The van der Waals surface area contributed by atoms with Crippen molar-refractivity contribution < 1.29 is 4.79 Å². The molecule has 0 saturated heterocycles. The molecule has 1 aromatic heterocycles. The first kappa shape index (κ1) is 21.8. The highest BCUT2D eigenvalue weighted by atomic mass is 16.1. The first-order valence-electron chi connectivity index (χ1n) is 12.5. The van der Waals surface area contributed by atoms with Crippen molar-refractivity contribution in [1.82, 2.24) is 9.88 Å². The fraction of sp³-hybridized carbons (Fsp3) is 0.367. The van der Waals surface area contributed by atoms with Gasteiger partial charge in [-0.25, -0.2) is 0 Å². The van der Waals surface area contributed by atoms with Crippen molar-refractivity contribution in [2.45, 2.75) is 58.3 Å². The third kappa shape index (κ3) is 4.83. The Morgan fingerprint density at radius 1 is 1.03 bits per heavy atom. The average molecular weight is 439 g/mol. The lowest BCUT2D eigenvalue weighted by atomic mass is 9.89. The Bertz CT molecular complexity index is 1140. The van der Waals surface area contributed by atoms with Crippen LogP contribution in [0.15, 0.2) is 72.3 Å². The normalized spacial score (nSPS) is 17.8. The first-order chi connectivity index (χ1) is 16.2. The van der Waals surface area contributed by atoms with Gasteiger partial charge in [0.15, 0.2) is 0 Å². The van der Waals surface area contributed by atoms with Crippen LogP contribution in [0.2, 0.25) is 0 Å². The van der Waals surface area contributed by atoms with Crippen molar-refractivity contribution in [2.75, 3.05) is 6.54 Å². The Morgan fingerprint density at radius 3 is 2.61 bits per heavy atom. The summed E-state index contributed by atoms with van der Waals surface area (Å²) in [6.45, 7) is 3.06. The van der Waals surface area contributed by atoms with Crippen LogP contribution in [0.3, 0.4) is 0 Å². The molecule has 2 aliphatic rings. The smallest absolute Gasteiger partial charge is 0.251 e. The molecule has 1 heterocycles. The van der Waals surface area contributed by atoms with Crippen LogP contribution in [0.25, 0.3) is 16.9 Å². The molecule has 1 atom stereocenters. The second-order valence-corrected chi connectivity index (χ2v) is 9.71. The second kappa shape index (κ2) is 9.82. The number of nitrogens with one attached hydrogen (secondary N) is 1. The van der Waals surface area contributed by atoms with E-state index in [-0.39, 0.29) is 5.91 Å². The van der Waals surface area contributed by atoms with Crippen molar-refractivity contribution in [2.24, 2.45) is 5.92 Å². The van der Waals surface area contributed by atoms with Gasteiger partial charge < -0.3 is 9.88 Å². The second-order valence-electron chi connectivity index (χ2n) is 9.71. The zero-order valence-electron chi connectivity index (χ0n) is 19.6. The van der Waals surface area contributed by atoms with Crippen LogP contribution in [0, 0.1) is 5.92 Å². The maximum absolute atomic E-state index is 12.7. The Kier molecular flexibility index (Phi) is 6.48. The van der Waals surface area contributed by atoms with E-state index in [9.17, 15) is 4.79 Å². The minimum atomic E-state index is 0.0182. The molecule has 0 spiro atoms. The molecule has 5 rings (SSSR count). The van der Waals surface area contributed by atoms with Crippen molar-refractivity contribution in [3.8, 4) is 16.9 Å². The zero-order valence-corrected chi connectivity index (χ0v) is 19.6. The van der Waals surface area contributed by atoms with Crippen molar-refractivity contribution >= 4 is 5.91 Å². The summed E-state index contributed by atoms with van der Waals surface area (Å²) in [6.07, 6.45) is 11.8. The van der Waals surface area contributed by atoms with E-state index in [2.05, 4.69) is 71.4 Å². The molecule has 2 aliphatic carbocycles. The molecule has 3 nitrogen and oxygen atoms in total. The van der Waals surface area contributed by atoms with Crippen LogP contribution in [-0.2, 0) is 12.8 Å². The highest BCUT2D eigenvalue weighted by Crippen LogP contribution is 2.35. The van der Waals surface area contributed by atoms with E-state index in [1.54, 1.807) is 0 Å². The van der Waals surface area contributed by atoms with Gasteiger partial charge >= 0.3 is 0 Å². The van der Waals surface area contributed by atoms with Gasteiger partial charge in [-0.1, -0.05) is 48.9 Å². The summed E-state index contributed by atoms with van der Waals surface area (Å²) in [5, 5.41) is 3.11. The van der Waals surface area contributed by atoms with Crippen molar-refractivity contribution in [3.05, 3.63) is 89.1 Å². The Balaban J connectivity index is 1.36. The van der Waals surface area contributed by atoms with E-state index < -0.39 is 0 Å². The van der Waals surface area contributed by atoms with E-state index in [1.165, 1.54) is 60.2 Å². The summed E-state index contributed by atoms with van der Waals surface area (Å²) in [5.41, 5.74) is 8.72. The van der Waals surface area contributed by atoms with Crippen LogP contribution in [-0.4, -0.2) is 17.0 Å². The van der Waals surface area contributed by atoms with Gasteiger partial charge in [0.2, 0.25) is 0 Å². The summed E-state index contributed by atoms with van der Waals surface area (Å²) < 4.78 is 2.41. The standard InChI is InChI=1S/C30H34N2O/c1-22-12-17-28-26(20-22)21-29(24-10-6-3-7-11-24)32(28)27-15-13-25(14-16-27)30(33)31-19-18-23-8-4-2-5-9-23/h3,6-8,10-11,13-16,21-22H,2,4-5,9,12,17-20H2,1H3,(H,31,33). The molecule has 0 aliphatic heterocycles. The predicted octanol–water partition coefficient (Wildman–Crippen LogP) is 6.89. The maximum Gasteiger partial charge on any atom is 0.251 e. The van der Waals surface area contributed by atoms with E-state index in [0.717, 1.165) is 36.4 Å². The summed E-state index contributed by atoms with van der Waals surface area (Å²) in [4.78, 5) is 12.7. The minimum Gasteiger partial charge on any atom is -0.352 e. The fourth-order valence-corrected chi connectivity index (χ4v) is 5.36. The predicted molar refractivity (Wildman–Crippen MR) is 136 cm³/mol. The molecule has 0 bridgehead atoms. The monoisotopic (exact) mass is 438 g/mol. The topological polar surface area (TPSA) is 34.0 Å². The quantitative estimate of drug-likeness (QED) is 0.418. The molecule has 33 heavy (non-hydrogen) atoms. The van der Waals surface area contributed by atoms with Gasteiger partial charge in [0, 0.05) is 23.5 Å². The molecular weight excluding hydrogens is 404 g/mol.